The van der Waals surface area contributed by atoms with Crippen molar-refractivity contribution in [3.8, 4) is 5.69 Å². The average molecular weight is 272 g/mol. The molecule has 7 heteroatoms. The van der Waals surface area contributed by atoms with Gasteiger partial charge in [0.05, 0.1) is 16.3 Å². The molecule has 1 aliphatic rings. The molecule has 2 aromatic rings. The minimum atomic E-state index is -0.381. The number of amides is 2. The standard InChI is InChI=1S/C12H8N4O2S/c17-11-10(19-12(18)14-11)7-8-3-6-16(15-8)9-1-4-13-5-2-9/h1-7H,(H,14,17,18)/b10-7-. The Morgan fingerprint density at radius 2 is 2.00 bits per heavy atom. The Balaban J connectivity index is 1.89. The Morgan fingerprint density at radius 1 is 1.21 bits per heavy atom. The monoisotopic (exact) mass is 272 g/mol. The van der Waals surface area contributed by atoms with E-state index in [2.05, 4.69) is 15.4 Å². The minimum absolute atomic E-state index is 0.352. The van der Waals surface area contributed by atoms with Gasteiger partial charge in [0, 0.05) is 18.6 Å². The van der Waals surface area contributed by atoms with Gasteiger partial charge in [-0.1, -0.05) is 0 Å². The smallest absolute Gasteiger partial charge is 0.282 e. The van der Waals surface area contributed by atoms with Crippen molar-refractivity contribution in [1.82, 2.24) is 20.1 Å². The third kappa shape index (κ3) is 2.41. The first kappa shape index (κ1) is 11.7. The number of nitrogens with zero attached hydrogens (tertiary/aromatic N) is 3. The molecule has 0 aromatic carbocycles. The molecule has 0 spiro atoms. The van der Waals surface area contributed by atoms with E-state index in [9.17, 15) is 9.59 Å². The number of aromatic nitrogens is 3. The van der Waals surface area contributed by atoms with Gasteiger partial charge in [0.2, 0.25) is 0 Å². The van der Waals surface area contributed by atoms with Gasteiger partial charge in [-0.3, -0.25) is 19.9 Å². The molecular weight excluding hydrogens is 264 g/mol. The summed E-state index contributed by atoms with van der Waals surface area (Å²) in [6.45, 7) is 0. The van der Waals surface area contributed by atoms with Crippen LogP contribution in [0.3, 0.4) is 0 Å². The highest BCUT2D eigenvalue weighted by Crippen LogP contribution is 2.25. The third-order valence-corrected chi connectivity index (χ3v) is 3.27. The second-order valence-electron chi connectivity index (χ2n) is 3.74. The number of imide groups is 1. The predicted octanol–water partition coefficient (Wildman–Crippen LogP) is 1.59. The zero-order chi connectivity index (χ0) is 13.2. The molecule has 19 heavy (non-hydrogen) atoms. The predicted molar refractivity (Wildman–Crippen MR) is 70.5 cm³/mol. The molecule has 0 aliphatic carbocycles. The lowest BCUT2D eigenvalue weighted by molar-refractivity contribution is -0.115. The Labute approximate surface area is 112 Å². The maximum Gasteiger partial charge on any atom is 0.290 e. The van der Waals surface area contributed by atoms with Crippen molar-refractivity contribution in [2.24, 2.45) is 0 Å². The highest BCUT2D eigenvalue weighted by Gasteiger charge is 2.25. The molecule has 1 N–H and O–H groups in total. The van der Waals surface area contributed by atoms with Crippen LogP contribution in [0, 0.1) is 0 Å². The van der Waals surface area contributed by atoms with Crippen LogP contribution in [0.2, 0.25) is 0 Å². The maximum absolute atomic E-state index is 11.4. The fraction of sp³-hybridized carbons (Fsp3) is 0. The zero-order valence-electron chi connectivity index (χ0n) is 9.61. The normalized spacial score (nSPS) is 16.9. The molecule has 3 rings (SSSR count). The van der Waals surface area contributed by atoms with Crippen molar-refractivity contribution in [3.63, 3.8) is 0 Å². The molecule has 2 amide bonds. The first-order chi connectivity index (χ1) is 9.22. The lowest BCUT2D eigenvalue weighted by Crippen LogP contribution is -2.17. The molecule has 0 saturated carbocycles. The summed E-state index contributed by atoms with van der Waals surface area (Å²) in [5.74, 6) is -0.381. The Morgan fingerprint density at radius 3 is 2.68 bits per heavy atom. The number of rotatable bonds is 2. The minimum Gasteiger partial charge on any atom is -0.282 e. The van der Waals surface area contributed by atoms with E-state index in [-0.39, 0.29) is 11.1 Å². The second-order valence-corrected chi connectivity index (χ2v) is 4.76. The number of hydrogen-bond donors (Lipinski definition) is 1. The fourth-order valence-electron chi connectivity index (χ4n) is 1.61. The molecule has 0 unspecified atom stereocenters. The SMILES string of the molecule is O=C1NC(=O)/C(=C/c2ccn(-c3ccncc3)n2)S1. The van der Waals surface area contributed by atoms with E-state index in [1.54, 1.807) is 35.4 Å². The van der Waals surface area contributed by atoms with E-state index in [1.165, 1.54) is 0 Å². The number of hydrogen-bond acceptors (Lipinski definition) is 5. The number of carbonyl (C=O) groups is 2. The van der Waals surface area contributed by atoms with Crippen molar-refractivity contribution in [2.45, 2.75) is 0 Å². The van der Waals surface area contributed by atoms with Crippen LogP contribution >= 0.6 is 11.8 Å². The van der Waals surface area contributed by atoms with Crippen molar-refractivity contribution in [3.05, 3.63) is 47.4 Å². The number of carbonyl (C=O) groups excluding carboxylic acids is 2. The van der Waals surface area contributed by atoms with Crippen LogP contribution in [0.5, 0.6) is 0 Å². The highest BCUT2D eigenvalue weighted by molar-refractivity contribution is 8.18. The third-order valence-electron chi connectivity index (χ3n) is 2.46. The first-order valence-corrected chi connectivity index (χ1v) is 6.25. The van der Waals surface area contributed by atoms with E-state index < -0.39 is 0 Å². The number of thioether (sulfide) groups is 1. The maximum atomic E-state index is 11.4. The van der Waals surface area contributed by atoms with E-state index in [0.717, 1.165) is 17.4 Å². The van der Waals surface area contributed by atoms with Crippen molar-refractivity contribution >= 4 is 29.0 Å². The van der Waals surface area contributed by atoms with Gasteiger partial charge in [-0.25, -0.2) is 4.68 Å². The Kier molecular flexibility index (Phi) is 2.88. The molecule has 1 saturated heterocycles. The molecule has 0 atom stereocenters. The molecule has 1 aliphatic heterocycles. The van der Waals surface area contributed by atoms with E-state index in [1.807, 2.05) is 12.1 Å². The van der Waals surface area contributed by atoms with Crippen LogP contribution in [0.1, 0.15) is 5.69 Å². The number of pyridine rings is 1. The summed E-state index contributed by atoms with van der Waals surface area (Å²) in [6, 6.07) is 5.42. The van der Waals surface area contributed by atoms with E-state index in [0.29, 0.717) is 10.6 Å². The van der Waals surface area contributed by atoms with E-state index >= 15 is 0 Å². The van der Waals surface area contributed by atoms with Crippen LogP contribution in [0.15, 0.2) is 41.7 Å². The Bertz CT molecular complexity index is 678. The molecule has 1 fully saturated rings. The summed E-state index contributed by atoms with van der Waals surface area (Å²) in [7, 11) is 0. The van der Waals surface area contributed by atoms with Crippen LogP contribution in [0.4, 0.5) is 4.79 Å². The topological polar surface area (TPSA) is 76.9 Å². The summed E-state index contributed by atoms with van der Waals surface area (Å²) >= 11 is 0.876. The summed E-state index contributed by atoms with van der Waals surface area (Å²) in [5, 5.41) is 6.15. The van der Waals surface area contributed by atoms with Gasteiger partial charge in [-0.15, -0.1) is 0 Å². The van der Waals surface area contributed by atoms with Crippen molar-refractivity contribution in [2.75, 3.05) is 0 Å². The quantitative estimate of drug-likeness (QED) is 0.840. The molecular formula is C12H8N4O2S. The molecule has 0 bridgehead atoms. The van der Waals surface area contributed by atoms with Gasteiger partial charge < -0.3 is 0 Å². The largest absolute Gasteiger partial charge is 0.290 e. The van der Waals surface area contributed by atoms with Crippen molar-refractivity contribution < 1.29 is 9.59 Å². The van der Waals surface area contributed by atoms with Crippen LogP contribution < -0.4 is 5.32 Å². The van der Waals surface area contributed by atoms with Gasteiger partial charge in [0.15, 0.2) is 0 Å². The molecule has 6 nitrogen and oxygen atoms in total. The van der Waals surface area contributed by atoms with Gasteiger partial charge in [0.25, 0.3) is 11.1 Å². The molecule has 3 heterocycles. The summed E-state index contributed by atoms with van der Waals surface area (Å²) in [5.41, 5.74) is 1.49. The van der Waals surface area contributed by atoms with Crippen molar-refractivity contribution in [1.29, 1.82) is 0 Å². The summed E-state index contributed by atoms with van der Waals surface area (Å²) < 4.78 is 1.67. The van der Waals surface area contributed by atoms with Crippen LogP contribution in [-0.2, 0) is 4.79 Å². The van der Waals surface area contributed by atoms with Gasteiger partial charge >= 0.3 is 0 Å². The summed E-state index contributed by atoms with van der Waals surface area (Å²) in [6.07, 6.45) is 6.71. The second kappa shape index (κ2) is 4.69. The van der Waals surface area contributed by atoms with Crippen LogP contribution in [0.25, 0.3) is 11.8 Å². The summed E-state index contributed by atoms with van der Waals surface area (Å²) in [4.78, 5) is 26.7. The zero-order valence-corrected chi connectivity index (χ0v) is 10.4. The average Bonchev–Trinajstić information content (AvgIpc) is 2.99. The number of nitrogens with one attached hydrogen (secondary N) is 1. The van der Waals surface area contributed by atoms with Crippen LogP contribution in [-0.4, -0.2) is 25.9 Å². The Hall–Kier alpha value is -2.41. The fourth-order valence-corrected chi connectivity index (χ4v) is 2.28. The first-order valence-electron chi connectivity index (χ1n) is 5.43. The lowest BCUT2D eigenvalue weighted by atomic mass is 10.3. The molecule has 94 valence electrons. The molecule has 2 aromatic heterocycles. The van der Waals surface area contributed by atoms with E-state index in [4.69, 9.17) is 0 Å². The van der Waals surface area contributed by atoms with Gasteiger partial charge in [-0.2, -0.15) is 5.10 Å². The van der Waals surface area contributed by atoms with Gasteiger partial charge in [0.1, 0.15) is 0 Å². The highest BCUT2D eigenvalue weighted by atomic mass is 32.2. The lowest BCUT2D eigenvalue weighted by Gasteiger charge is -1.98. The van der Waals surface area contributed by atoms with Gasteiger partial charge in [-0.05, 0) is 36.0 Å². The molecule has 0 radical (unpaired) electrons.